The van der Waals surface area contributed by atoms with Gasteiger partial charge in [0.2, 0.25) is 0 Å². The molecule has 136 valence electrons. The second-order valence-corrected chi connectivity index (χ2v) is 7.51. The van der Waals surface area contributed by atoms with E-state index in [1.54, 1.807) is 12.4 Å². The molecular formula is C21H24N2O3. The predicted molar refractivity (Wildman–Crippen MR) is 97.7 cm³/mol. The molecule has 2 fully saturated rings. The number of pyridine rings is 1. The van der Waals surface area contributed by atoms with Crippen LogP contribution in [0.25, 0.3) is 0 Å². The van der Waals surface area contributed by atoms with Gasteiger partial charge in [-0.15, -0.1) is 0 Å². The maximum atomic E-state index is 11.8. The van der Waals surface area contributed by atoms with E-state index in [4.69, 9.17) is 4.74 Å². The Morgan fingerprint density at radius 2 is 2.12 bits per heavy atom. The summed E-state index contributed by atoms with van der Waals surface area (Å²) in [4.78, 5) is 18.2. The van der Waals surface area contributed by atoms with E-state index in [1.807, 2.05) is 24.3 Å². The summed E-state index contributed by atoms with van der Waals surface area (Å²) in [7, 11) is 0. The molecule has 0 bridgehead atoms. The molecule has 26 heavy (non-hydrogen) atoms. The molecule has 1 aromatic carbocycles. The van der Waals surface area contributed by atoms with E-state index in [1.165, 1.54) is 5.56 Å². The molecular weight excluding hydrogens is 328 g/mol. The van der Waals surface area contributed by atoms with Crippen LogP contribution in [0.2, 0.25) is 0 Å². The Balaban J connectivity index is 1.34. The highest BCUT2D eigenvalue weighted by Crippen LogP contribution is 2.49. The zero-order valence-electron chi connectivity index (χ0n) is 14.8. The molecule has 5 nitrogen and oxygen atoms in total. The lowest BCUT2D eigenvalue weighted by Gasteiger charge is -2.23. The molecule has 4 rings (SSSR count). The molecule has 1 saturated carbocycles. The third kappa shape index (κ3) is 3.31. The Kier molecular flexibility index (Phi) is 4.64. The van der Waals surface area contributed by atoms with Crippen molar-refractivity contribution in [1.82, 2.24) is 9.88 Å². The fourth-order valence-electron chi connectivity index (χ4n) is 4.46. The highest BCUT2D eigenvalue weighted by molar-refractivity contribution is 5.76. The van der Waals surface area contributed by atoms with Crippen molar-refractivity contribution < 1.29 is 14.6 Å². The molecule has 2 aliphatic rings. The van der Waals surface area contributed by atoms with E-state index in [2.05, 4.69) is 22.0 Å². The fourth-order valence-corrected chi connectivity index (χ4v) is 4.46. The van der Waals surface area contributed by atoms with Crippen LogP contribution >= 0.6 is 0 Å². The van der Waals surface area contributed by atoms with E-state index in [0.29, 0.717) is 19.1 Å². The summed E-state index contributed by atoms with van der Waals surface area (Å²) in [6.07, 6.45) is 6.47. The number of aromatic nitrogens is 1. The number of benzene rings is 1. The van der Waals surface area contributed by atoms with Crippen LogP contribution in [0.3, 0.4) is 0 Å². The van der Waals surface area contributed by atoms with Crippen LogP contribution in [0.15, 0.2) is 48.8 Å². The van der Waals surface area contributed by atoms with Crippen molar-refractivity contribution in [3.63, 3.8) is 0 Å². The highest BCUT2D eigenvalue weighted by Gasteiger charge is 2.54. The van der Waals surface area contributed by atoms with Gasteiger partial charge in [-0.3, -0.25) is 14.7 Å². The van der Waals surface area contributed by atoms with Crippen LogP contribution < -0.4 is 4.74 Å². The van der Waals surface area contributed by atoms with Crippen LogP contribution in [-0.2, 0) is 17.9 Å². The second-order valence-electron chi connectivity index (χ2n) is 7.51. The van der Waals surface area contributed by atoms with Crippen molar-refractivity contribution in [1.29, 1.82) is 0 Å². The summed E-state index contributed by atoms with van der Waals surface area (Å²) in [6, 6.07) is 12.0. The number of fused-ring (bicyclic) bond motifs is 1. The molecule has 1 N–H and O–H groups in total. The first-order valence-corrected chi connectivity index (χ1v) is 9.22. The first-order chi connectivity index (χ1) is 12.7. The smallest absolute Gasteiger partial charge is 0.311 e. The minimum atomic E-state index is -0.610. The van der Waals surface area contributed by atoms with Crippen molar-refractivity contribution in [2.24, 2.45) is 11.3 Å². The molecule has 0 radical (unpaired) electrons. The van der Waals surface area contributed by atoms with Gasteiger partial charge in [0.15, 0.2) is 0 Å². The minimum Gasteiger partial charge on any atom is -0.489 e. The normalized spacial score (nSPS) is 25.2. The van der Waals surface area contributed by atoms with E-state index < -0.39 is 11.4 Å². The van der Waals surface area contributed by atoms with Gasteiger partial charge in [-0.25, -0.2) is 0 Å². The van der Waals surface area contributed by atoms with Gasteiger partial charge in [-0.1, -0.05) is 24.6 Å². The molecule has 0 amide bonds. The van der Waals surface area contributed by atoms with Crippen LogP contribution in [0.5, 0.6) is 5.75 Å². The van der Waals surface area contributed by atoms with Crippen LogP contribution in [0.1, 0.15) is 30.4 Å². The van der Waals surface area contributed by atoms with Crippen molar-refractivity contribution in [2.75, 3.05) is 13.1 Å². The fraction of sp³-hybridized carbons (Fsp3) is 0.429. The van der Waals surface area contributed by atoms with Gasteiger partial charge >= 0.3 is 5.97 Å². The summed E-state index contributed by atoms with van der Waals surface area (Å²) in [5.41, 5.74) is 1.73. The van der Waals surface area contributed by atoms with E-state index >= 15 is 0 Å². The summed E-state index contributed by atoms with van der Waals surface area (Å²) in [5, 5.41) is 9.70. The number of nitrogens with zero attached hydrogens (tertiary/aromatic N) is 2. The number of aliphatic carboxylic acids is 1. The van der Waals surface area contributed by atoms with E-state index in [-0.39, 0.29) is 0 Å². The monoisotopic (exact) mass is 352 g/mol. The Morgan fingerprint density at radius 1 is 1.27 bits per heavy atom. The summed E-state index contributed by atoms with van der Waals surface area (Å²) in [6.45, 7) is 2.87. The lowest BCUT2D eigenvalue weighted by atomic mass is 9.81. The molecule has 1 aliphatic carbocycles. The number of hydrogen-bond donors (Lipinski definition) is 1. The van der Waals surface area contributed by atoms with Gasteiger partial charge in [0.1, 0.15) is 12.4 Å². The standard InChI is InChI=1S/C21H24N2O3/c24-20(25)21-9-1-4-18(21)13-23(15-21)12-16-5-7-19(8-6-16)26-14-17-3-2-10-22-11-17/h2-3,5-8,10-11,18H,1,4,9,12-15H2,(H,24,25)/t18-,21+/m0/s1. The lowest BCUT2D eigenvalue weighted by molar-refractivity contribution is -0.149. The van der Waals surface area contributed by atoms with Crippen molar-refractivity contribution >= 4 is 5.97 Å². The molecule has 0 spiro atoms. The first kappa shape index (κ1) is 17.0. The number of likely N-dealkylation sites (tertiary alicyclic amines) is 1. The average molecular weight is 352 g/mol. The van der Waals surface area contributed by atoms with Crippen LogP contribution in [0, 0.1) is 11.3 Å². The zero-order valence-corrected chi connectivity index (χ0v) is 14.8. The molecule has 5 heteroatoms. The third-order valence-electron chi connectivity index (χ3n) is 5.83. The van der Waals surface area contributed by atoms with Crippen molar-refractivity contribution in [3.8, 4) is 5.75 Å². The zero-order chi connectivity index (χ0) is 18.0. The molecule has 2 aromatic rings. The maximum Gasteiger partial charge on any atom is 0.311 e. The number of carboxylic acid groups (broad SMARTS) is 1. The molecule has 1 aliphatic heterocycles. The Bertz CT molecular complexity index is 763. The van der Waals surface area contributed by atoms with Crippen molar-refractivity contribution in [3.05, 3.63) is 59.9 Å². The number of carboxylic acids is 1. The van der Waals surface area contributed by atoms with Gasteiger partial charge in [0, 0.05) is 37.6 Å². The topological polar surface area (TPSA) is 62.7 Å². The van der Waals surface area contributed by atoms with Gasteiger partial charge in [0.05, 0.1) is 5.41 Å². The third-order valence-corrected chi connectivity index (χ3v) is 5.83. The van der Waals surface area contributed by atoms with Gasteiger partial charge in [-0.2, -0.15) is 0 Å². The predicted octanol–water partition coefficient (Wildman–Crippen LogP) is 3.35. The van der Waals surface area contributed by atoms with Gasteiger partial charge < -0.3 is 9.84 Å². The van der Waals surface area contributed by atoms with Crippen LogP contribution in [0.4, 0.5) is 0 Å². The van der Waals surface area contributed by atoms with Gasteiger partial charge in [0.25, 0.3) is 0 Å². The maximum absolute atomic E-state index is 11.8. The molecule has 2 heterocycles. The second kappa shape index (κ2) is 7.08. The average Bonchev–Trinajstić information content (AvgIpc) is 3.20. The number of carbonyl (C=O) groups is 1. The summed E-state index contributed by atoms with van der Waals surface area (Å²) >= 11 is 0. The Morgan fingerprint density at radius 3 is 2.81 bits per heavy atom. The molecule has 2 atom stereocenters. The highest BCUT2D eigenvalue weighted by atomic mass is 16.5. The minimum absolute atomic E-state index is 0.307. The molecule has 1 aromatic heterocycles. The number of rotatable bonds is 6. The van der Waals surface area contributed by atoms with Crippen LogP contribution in [-0.4, -0.2) is 34.0 Å². The Hall–Kier alpha value is -2.40. The first-order valence-electron chi connectivity index (χ1n) is 9.22. The summed E-state index contributed by atoms with van der Waals surface area (Å²) < 4.78 is 5.79. The summed E-state index contributed by atoms with van der Waals surface area (Å²) in [5.74, 6) is 0.529. The van der Waals surface area contributed by atoms with Crippen molar-refractivity contribution in [2.45, 2.75) is 32.4 Å². The molecule has 0 unspecified atom stereocenters. The SMILES string of the molecule is O=C(O)[C@@]12CCC[C@H]1CN(Cc1ccc(OCc3cccnc3)cc1)C2. The number of hydrogen-bond acceptors (Lipinski definition) is 4. The van der Waals surface area contributed by atoms with E-state index in [9.17, 15) is 9.90 Å². The lowest BCUT2D eigenvalue weighted by Crippen LogP contribution is -2.35. The quantitative estimate of drug-likeness (QED) is 0.864. The van der Waals surface area contributed by atoms with Gasteiger partial charge in [-0.05, 0) is 42.5 Å². The number of ether oxygens (including phenoxy) is 1. The van der Waals surface area contributed by atoms with E-state index in [0.717, 1.165) is 43.7 Å². The Labute approximate surface area is 153 Å². The molecule has 1 saturated heterocycles. The largest absolute Gasteiger partial charge is 0.489 e.